The largest absolute Gasteiger partial charge is 0.356 e. The molecule has 7 heteroatoms. The van der Waals surface area contributed by atoms with Crippen LogP contribution in [0, 0.1) is 0 Å². The topological polar surface area (TPSA) is 67.1 Å². The SMILES string of the molecule is CCCNC(=NC)NCCCCn1cnnc1.I. The molecule has 0 unspecified atom stereocenters. The van der Waals surface area contributed by atoms with E-state index in [1.807, 2.05) is 4.57 Å². The maximum absolute atomic E-state index is 4.14. The van der Waals surface area contributed by atoms with Gasteiger partial charge in [-0.25, -0.2) is 0 Å². The van der Waals surface area contributed by atoms with Gasteiger partial charge in [0.2, 0.25) is 0 Å². The van der Waals surface area contributed by atoms with Crippen LogP contribution in [-0.4, -0.2) is 40.9 Å². The average molecular weight is 366 g/mol. The second kappa shape index (κ2) is 11.2. The van der Waals surface area contributed by atoms with Gasteiger partial charge in [-0.3, -0.25) is 4.99 Å². The Balaban J connectivity index is 0.00000289. The number of unbranched alkanes of at least 4 members (excludes halogenated alkanes) is 1. The molecule has 18 heavy (non-hydrogen) atoms. The molecule has 0 aliphatic rings. The predicted molar refractivity (Wildman–Crippen MR) is 84.3 cm³/mol. The van der Waals surface area contributed by atoms with Crippen molar-refractivity contribution >= 4 is 29.9 Å². The average Bonchev–Trinajstić information content (AvgIpc) is 2.85. The summed E-state index contributed by atoms with van der Waals surface area (Å²) in [7, 11) is 1.79. The minimum absolute atomic E-state index is 0. The summed E-state index contributed by atoms with van der Waals surface area (Å²) in [6.07, 6.45) is 6.81. The summed E-state index contributed by atoms with van der Waals surface area (Å²) in [5.74, 6) is 0.885. The van der Waals surface area contributed by atoms with Crippen molar-refractivity contribution in [3.63, 3.8) is 0 Å². The number of aryl methyl sites for hydroxylation is 1. The van der Waals surface area contributed by atoms with E-state index in [4.69, 9.17) is 0 Å². The van der Waals surface area contributed by atoms with Gasteiger partial charge in [-0.2, -0.15) is 0 Å². The van der Waals surface area contributed by atoms with Crippen molar-refractivity contribution < 1.29 is 0 Å². The highest BCUT2D eigenvalue weighted by Gasteiger charge is 1.95. The summed E-state index contributed by atoms with van der Waals surface area (Å²) in [5.41, 5.74) is 0. The Kier molecular flexibility index (Phi) is 10.7. The van der Waals surface area contributed by atoms with E-state index in [0.29, 0.717) is 0 Å². The van der Waals surface area contributed by atoms with Crippen molar-refractivity contribution in [2.24, 2.45) is 4.99 Å². The molecule has 0 saturated heterocycles. The minimum Gasteiger partial charge on any atom is -0.356 e. The molecule has 0 aromatic carbocycles. The van der Waals surface area contributed by atoms with E-state index < -0.39 is 0 Å². The smallest absolute Gasteiger partial charge is 0.190 e. The molecule has 0 atom stereocenters. The van der Waals surface area contributed by atoms with Crippen molar-refractivity contribution in [2.75, 3.05) is 20.1 Å². The van der Waals surface area contributed by atoms with Gasteiger partial charge in [0.15, 0.2) is 5.96 Å². The number of hydrogen-bond acceptors (Lipinski definition) is 3. The van der Waals surface area contributed by atoms with E-state index in [2.05, 4.69) is 32.7 Å². The summed E-state index contributed by atoms with van der Waals surface area (Å²) in [6, 6.07) is 0. The quantitative estimate of drug-likeness (QED) is 0.330. The lowest BCUT2D eigenvalue weighted by atomic mass is 10.3. The van der Waals surface area contributed by atoms with Crippen LogP contribution in [0.5, 0.6) is 0 Å². The van der Waals surface area contributed by atoms with E-state index in [1.54, 1.807) is 19.7 Å². The summed E-state index contributed by atoms with van der Waals surface area (Å²) in [5, 5.41) is 14.0. The van der Waals surface area contributed by atoms with Crippen LogP contribution in [0.15, 0.2) is 17.6 Å². The predicted octanol–water partition coefficient (Wildman–Crippen LogP) is 1.25. The number of hydrogen-bond donors (Lipinski definition) is 2. The Morgan fingerprint density at radius 3 is 2.44 bits per heavy atom. The molecule has 1 aromatic heterocycles. The third kappa shape index (κ3) is 7.46. The Morgan fingerprint density at radius 1 is 1.17 bits per heavy atom. The zero-order chi connectivity index (χ0) is 12.3. The van der Waals surface area contributed by atoms with Gasteiger partial charge in [0, 0.05) is 26.7 Å². The van der Waals surface area contributed by atoms with E-state index in [9.17, 15) is 0 Å². The van der Waals surface area contributed by atoms with Crippen LogP contribution >= 0.6 is 24.0 Å². The second-order valence-electron chi connectivity index (χ2n) is 3.83. The van der Waals surface area contributed by atoms with Gasteiger partial charge >= 0.3 is 0 Å². The molecule has 0 radical (unpaired) electrons. The molecule has 0 aliphatic carbocycles. The first kappa shape index (κ1) is 17.1. The second-order valence-corrected chi connectivity index (χ2v) is 3.83. The molecule has 0 fully saturated rings. The Labute approximate surface area is 126 Å². The Bertz CT molecular complexity index is 311. The monoisotopic (exact) mass is 366 g/mol. The number of rotatable bonds is 7. The summed E-state index contributed by atoms with van der Waals surface area (Å²) in [6.45, 7) is 5.00. The molecule has 1 rings (SSSR count). The Morgan fingerprint density at radius 2 is 1.83 bits per heavy atom. The standard InChI is InChI=1S/C11H22N6.HI/c1-3-6-13-11(12-2)14-7-4-5-8-17-9-15-16-10-17;/h9-10H,3-8H2,1-2H3,(H2,12,13,14);1H. The first-order chi connectivity index (χ1) is 8.36. The number of halogens is 1. The van der Waals surface area contributed by atoms with E-state index in [0.717, 1.165) is 44.9 Å². The molecule has 0 amide bonds. The molecule has 0 bridgehead atoms. The van der Waals surface area contributed by atoms with Crippen molar-refractivity contribution in [2.45, 2.75) is 32.7 Å². The molecule has 1 heterocycles. The lowest BCUT2D eigenvalue weighted by Gasteiger charge is -2.10. The van der Waals surface area contributed by atoms with Crippen LogP contribution < -0.4 is 10.6 Å². The van der Waals surface area contributed by atoms with Gasteiger partial charge in [-0.05, 0) is 19.3 Å². The highest BCUT2D eigenvalue weighted by molar-refractivity contribution is 14.0. The van der Waals surface area contributed by atoms with Gasteiger partial charge < -0.3 is 15.2 Å². The fourth-order valence-electron chi connectivity index (χ4n) is 1.43. The number of nitrogens with one attached hydrogen (secondary N) is 2. The lowest BCUT2D eigenvalue weighted by molar-refractivity contribution is 0.597. The molecule has 1 aromatic rings. The van der Waals surface area contributed by atoms with Gasteiger partial charge in [-0.15, -0.1) is 34.2 Å². The highest BCUT2D eigenvalue weighted by atomic mass is 127. The van der Waals surface area contributed by atoms with Gasteiger partial charge in [0.25, 0.3) is 0 Å². The molecule has 0 saturated carbocycles. The zero-order valence-corrected chi connectivity index (χ0v) is 13.4. The maximum atomic E-state index is 4.14. The normalized spacial score (nSPS) is 10.9. The number of nitrogens with zero attached hydrogens (tertiary/aromatic N) is 4. The first-order valence-electron chi connectivity index (χ1n) is 6.13. The third-order valence-electron chi connectivity index (χ3n) is 2.37. The fourth-order valence-corrected chi connectivity index (χ4v) is 1.43. The molecule has 0 spiro atoms. The Hall–Kier alpha value is -0.860. The van der Waals surface area contributed by atoms with E-state index in [-0.39, 0.29) is 24.0 Å². The minimum atomic E-state index is 0. The highest BCUT2D eigenvalue weighted by Crippen LogP contribution is 1.92. The fraction of sp³-hybridized carbons (Fsp3) is 0.727. The van der Waals surface area contributed by atoms with Crippen molar-refractivity contribution in [3.05, 3.63) is 12.7 Å². The van der Waals surface area contributed by atoms with Crippen LogP contribution in [-0.2, 0) is 6.54 Å². The van der Waals surface area contributed by atoms with Gasteiger partial charge in [-0.1, -0.05) is 6.92 Å². The molecule has 6 nitrogen and oxygen atoms in total. The molecule has 104 valence electrons. The van der Waals surface area contributed by atoms with Crippen molar-refractivity contribution in [3.8, 4) is 0 Å². The summed E-state index contributed by atoms with van der Waals surface area (Å²) >= 11 is 0. The lowest BCUT2D eigenvalue weighted by Crippen LogP contribution is -2.38. The molecular formula is C11H23IN6. The summed E-state index contributed by atoms with van der Waals surface area (Å²) in [4.78, 5) is 4.14. The molecular weight excluding hydrogens is 343 g/mol. The van der Waals surface area contributed by atoms with Crippen LogP contribution in [0.2, 0.25) is 0 Å². The van der Waals surface area contributed by atoms with Gasteiger partial charge in [0.1, 0.15) is 12.7 Å². The van der Waals surface area contributed by atoms with Crippen LogP contribution in [0.1, 0.15) is 26.2 Å². The third-order valence-corrected chi connectivity index (χ3v) is 2.37. The van der Waals surface area contributed by atoms with Crippen LogP contribution in [0.4, 0.5) is 0 Å². The number of guanidine groups is 1. The van der Waals surface area contributed by atoms with Crippen molar-refractivity contribution in [1.29, 1.82) is 0 Å². The maximum Gasteiger partial charge on any atom is 0.190 e. The van der Waals surface area contributed by atoms with Gasteiger partial charge in [0.05, 0.1) is 0 Å². The van der Waals surface area contributed by atoms with E-state index >= 15 is 0 Å². The number of aliphatic imine (C=N–C) groups is 1. The number of aromatic nitrogens is 3. The molecule has 0 aliphatic heterocycles. The first-order valence-corrected chi connectivity index (χ1v) is 6.13. The van der Waals surface area contributed by atoms with Crippen LogP contribution in [0.3, 0.4) is 0 Å². The summed E-state index contributed by atoms with van der Waals surface area (Å²) < 4.78 is 1.99. The van der Waals surface area contributed by atoms with Crippen LogP contribution in [0.25, 0.3) is 0 Å². The van der Waals surface area contributed by atoms with E-state index in [1.165, 1.54) is 0 Å². The zero-order valence-electron chi connectivity index (χ0n) is 11.1. The van der Waals surface area contributed by atoms with Crippen molar-refractivity contribution in [1.82, 2.24) is 25.4 Å². The molecule has 2 N–H and O–H groups in total.